The third-order valence-electron chi connectivity index (χ3n) is 2.99. The van der Waals surface area contributed by atoms with Gasteiger partial charge in [-0.3, -0.25) is 0 Å². The molecule has 0 fully saturated rings. The summed E-state index contributed by atoms with van der Waals surface area (Å²) in [5.41, 5.74) is 2.48. The van der Waals surface area contributed by atoms with Crippen LogP contribution in [-0.4, -0.2) is 28.2 Å². The van der Waals surface area contributed by atoms with Crippen molar-refractivity contribution >= 4 is 30.6 Å². The molecule has 0 atom stereocenters. The Morgan fingerprint density at radius 1 is 0.600 bits per heavy atom. The van der Waals surface area contributed by atoms with Gasteiger partial charge in [0.2, 0.25) is 0 Å². The van der Waals surface area contributed by atoms with Crippen LogP contribution in [0.25, 0.3) is 0 Å². The Morgan fingerprint density at radius 3 is 1.15 bits per heavy atom. The Labute approximate surface area is 146 Å². The van der Waals surface area contributed by atoms with Crippen molar-refractivity contribution < 1.29 is 29.6 Å². The molecule has 2 rings (SSSR count). The zero-order valence-electron chi connectivity index (χ0n) is 13.0. The molecule has 0 radical (unpaired) electrons. The zero-order chi connectivity index (χ0) is 13.8. The zero-order valence-corrected chi connectivity index (χ0v) is 15.9. The quantitative estimate of drug-likeness (QED) is 0.565. The molecule has 0 unspecified atom stereocenters. The molecule has 4 heteroatoms. The van der Waals surface area contributed by atoms with E-state index in [4.69, 9.17) is 0 Å². The van der Waals surface area contributed by atoms with Crippen molar-refractivity contribution in [3.05, 3.63) is 48.5 Å². The molecule has 0 aliphatic heterocycles. The smallest absolute Gasteiger partial charge is 0.472 e. The summed E-state index contributed by atoms with van der Waals surface area (Å²) in [5.74, 6) is 0. The SMILES string of the molecule is CN(C)c1ccc([P-]c2ccc(N(C)C)cc2)cc1.[Na+]. The summed E-state index contributed by atoms with van der Waals surface area (Å²) in [7, 11) is 9.50. The van der Waals surface area contributed by atoms with Crippen LogP contribution in [0.5, 0.6) is 0 Å². The van der Waals surface area contributed by atoms with E-state index in [1.807, 2.05) is 0 Å². The molecule has 0 saturated carbocycles. The van der Waals surface area contributed by atoms with Gasteiger partial charge in [0, 0.05) is 39.6 Å². The Bertz CT molecular complexity index is 472. The molecule has 0 N–H and O–H groups in total. The molecule has 0 aromatic heterocycles. The van der Waals surface area contributed by atoms with Gasteiger partial charge < -0.3 is 18.4 Å². The van der Waals surface area contributed by atoms with Crippen LogP contribution < -0.4 is 50.0 Å². The first-order chi connectivity index (χ1) is 9.06. The van der Waals surface area contributed by atoms with Crippen molar-refractivity contribution in [1.29, 1.82) is 0 Å². The number of anilines is 2. The summed E-state index contributed by atoms with van der Waals surface area (Å²) in [6.07, 6.45) is 0. The van der Waals surface area contributed by atoms with Gasteiger partial charge in [0.25, 0.3) is 0 Å². The number of hydrogen-bond donors (Lipinski definition) is 0. The molecule has 100 valence electrons. The van der Waals surface area contributed by atoms with Crippen LogP contribution in [0, 0.1) is 0 Å². The maximum absolute atomic E-state index is 2.19. The second-order valence-electron chi connectivity index (χ2n) is 4.93. The minimum Gasteiger partial charge on any atom is -0.472 e. The molecule has 2 aromatic rings. The third-order valence-corrected chi connectivity index (χ3v) is 4.10. The molecule has 0 saturated heterocycles. The van der Waals surface area contributed by atoms with E-state index >= 15 is 0 Å². The van der Waals surface area contributed by atoms with E-state index in [2.05, 4.69) is 86.5 Å². The van der Waals surface area contributed by atoms with Gasteiger partial charge in [0.05, 0.1) is 0 Å². The maximum Gasteiger partial charge on any atom is 1.00 e. The maximum atomic E-state index is 2.19. The third kappa shape index (κ3) is 4.79. The van der Waals surface area contributed by atoms with Crippen molar-refractivity contribution in [3.63, 3.8) is 0 Å². The van der Waals surface area contributed by atoms with E-state index in [1.165, 1.54) is 30.6 Å². The van der Waals surface area contributed by atoms with Crippen molar-refractivity contribution in [1.82, 2.24) is 0 Å². The molecule has 2 aromatic carbocycles. The first kappa shape index (κ1) is 17.5. The van der Waals surface area contributed by atoms with Gasteiger partial charge in [0.1, 0.15) is 0 Å². The van der Waals surface area contributed by atoms with Crippen LogP contribution in [0.15, 0.2) is 48.5 Å². The fourth-order valence-corrected chi connectivity index (χ4v) is 2.69. The topological polar surface area (TPSA) is 6.48 Å². The van der Waals surface area contributed by atoms with Crippen LogP contribution in [0.1, 0.15) is 0 Å². The van der Waals surface area contributed by atoms with E-state index in [9.17, 15) is 0 Å². The van der Waals surface area contributed by atoms with Crippen LogP contribution >= 0.6 is 8.58 Å². The largest absolute Gasteiger partial charge is 1.00 e. The predicted octanol–water partition coefficient (Wildman–Crippen LogP) is -0.280. The Morgan fingerprint density at radius 2 is 0.900 bits per heavy atom. The Balaban J connectivity index is 0.00000200. The molecule has 0 heterocycles. The van der Waals surface area contributed by atoms with Gasteiger partial charge in [-0.05, 0) is 24.3 Å². The second-order valence-corrected chi connectivity index (χ2v) is 6.19. The van der Waals surface area contributed by atoms with E-state index in [-0.39, 0.29) is 29.6 Å². The van der Waals surface area contributed by atoms with Crippen LogP contribution in [0.2, 0.25) is 0 Å². The molecular formula is C16H20N2NaP. The van der Waals surface area contributed by atoms with Crippen molar-refractivity contribution in [2.45, 2.75) is 0 Å². The van der Waals surface area contributed by atoms with Crippen LogP contribution in [0.4, 0.5) is 11.4 Å². The van der Waals surface area contributed by atoms with Crippen molar-refractivity contribution in [3.8, 4) is 0 Å². The van der Waals surface area contributed by atoms with Crippen LogP contribution in [0.3, 0.4) is 0 Å². The second kappa shape index (κ2) is 8.05. The average Bonchev–Trinajstić information content (AvgIpc) is 2.40. The van der Waals surface area contributed by atoms with E-state index < -0.39 is 0 Å². The molecular weight excluding hydrogens is 274 g/mol. The molecule has 0 spiro atoms. The molecule has 0 aliphatic rings. The molecule has 0 bridgehead atoms. The van der Waals surface area contributed by atoms with Gasteiger partial charge in [-0.15, -0.1) is 0 Å². The average molecular weight is 294 g/mol. The van der Waals surface area contributed by atoms with Crippen molar-refractivity contribution in [2.24, 2.45) is 0 Å². The Kier molecular flexibility index (Phi) is 7.05. The van der Waals surface area contributed by atoms with Crippen molar-refractivity contribution in [2.75, 3.05) is 38.0 Å². The summed E-state index contributed by atoms with van der Waals surface area (Å²) in [4.78, 5) is 4.24. The summed E-state index contributed by atoms with van der Waals surface area (Å²) >= 11 is 0. The minimum atomic E-state index is 0. The fraction of sp³-hybridized carbons (Fsp3) is 0.250. The van der Waals surface area contributed by atoms with Gasteiger partial charge in [-0.2, -0.15) is 10.6 Å². The molecule has 0 amide bonds. The fourth-order valence-electron chi connectivity index (χ4n) is 1.80. The van der Waals surface area contributed by atoms with Crippen LogP contribution in [-0.2, 0) is 0 Å². The van der Waals surface area contributed by atoms with E-state index in [0.29, 0.717) is 0 Å². The summed E-state index contributed by atoms with van der Waals surface area (Å²) in [6, 6.07) is 17.4. The molecule has 0 aliphatic carbocycles. The van der Waals surface area contributed by atoms with E-state index in [1.54, 1.807) is 0 Å². The summed E-state index contributed by atoms with van der Waals surface area (Å²) in [5, 5.41) is 2.64. The van der Waals surface area contributed by atoms with Gasteiger partial charge in [-0.1, -0.05) is 24.3 Å². The Hall–Kier alpha value is -0.530. The minimum absolute atomic E-state index is 0. The summed E-state index contributed by atoms with van der Waals surface area (Å²) in [6.45, 7) is 0. The monoisotopic (exact) mass is 294 g/mol. The molecule has 20 heavy (non-hydrogen) atoms. The molecule has 2 nitrogen and oxygen atoms in total. The summed E-state index contributed by atoms with van der Waals surface area (Å²) < 4.78 is 0. The van der Waals surface area contributed by atoms with Gasteiger partial charge >= 0.3 is 29.6 Å². The van der Waals surface area contributed by atoms with Gasteiger partial charge in [0.15, 0.2) is 0 Å². The number of benzene rings is 2. The van der Waals surface area contributed by atoms with E-state index in [0.717, 1.165) is 0 Å². The standard InChI is InChI=1S/C16H20N2P.Na/c1-17(2)13-5-9-15(10-6-13)19-16-11-7-14(8-12-16)18(3)4;/h5-12H,1-4H3;/q-1;+1. The number of rotatable bonds is 4. The first-order valence-electron chi connectivity index (χ1n) is 6.33. The number of nitrogens with zero attached hydrogens (tertiary/aromatic N) is 2. The predicted molar refractivity (Wildman–Crippen MR) is 87.7 cm³/mol. The number of hydrogen-bond acceptors (Lipinski definition) is 2. The van der Waals surface area contributed by atoms with Gasteiger partial charge in [-0.25, -0.2) is 0 Å². The normalized spacial score (nSPS) is 9.80. The first-order valence-corrected chi connectivity index (χ1v) is 7.22.